The van der Waals surface area contributed by atoms with Crippen LogP contribution in [0.1, 0.15) is 24.0 Å². The van der Waals surface area contributed by atoms with E-state index in [0.717, 1.165) is 10.8 Å². The number of benzene rings is 2. The molecular weight excluding hydrogens is 444 g/mol. The van der Waals surface area contributed by atoms with Crippen LogP contribution in [0.25, 0.3) is 11.3 Å². The molecule has 0 radical (unpaired) electrons. The van der Waals surface area contributed by atoms with Gasteiger partial charge in [0.2, 0.25) is 0 Å². The molecule has 2 heterocycles. The van der Waals surface area contributed by atoms with Gasteiger partial charge in [-0.2, -0.15) is 0 Å². The second kappa shape index (κ2) is 9.11. The number of hydrogen-bond acceptors (Lipinski definition) is 7. The molecular formula is C24H28N2O4S2. The third kappa shape index (κ3) is 4.21. The Hall–Kier alpha value is -2.58. The Bertz CT molecular complexity index is 1190. The van der Waals surface area contributed by atoms with Crippen LogP contribution in [0.2, 0.25) is 0 Å². The zero-order valence-electron chi connectivity index (χ0n) is 18.8. The number of aromatic nitrogens is 1. The van der Waals surface area contributed by atoms with Gasteiger partial charge >= 0.3 is 0 Å². The fourth-order valence-corrected chi connectivity index (χ4v) is 7.06. The Morgan fingerprint density at radius 3 is 2.34 bits per heavy atom. The zero-order chi connectivity index (χ0) is 22.9. The summed E-state index contributed by atoms with van der Waals surface area (Å²) in [5.41, 5.74) is 4.58. The lowest BCUT2D eigenvalue weighted by Crippen LogP contribution is -2.39. The van der Waals surface area contributed by atoms with Gasteiger partial charge < -0.3 is 14.4 Å². The quantitative estimate of drug-likeness (QED) is 0.509. The maximum absolute atomic E-state index is 13.4. The minimum absolute atomic E-state index is 0.198. The summed E-state index contributed by atoms with van der Waals surface area (Å²) < 4.78 is 37.3. The van der Waals surface area contributed by atoms with E-state index < -0.39 is 15.1 Å². The summed E-state index contributed by atoms with van der Waals surface area (Å²) in [6, 6.07) is 11.2. The van der Waals surface area contributed by atoms with Crippen LogP contribution in [0, 0.1) is 13.8 Å². The van der Waals surface area contributed by atoms with Crippen molar-refractivity contribution in [1.29, 1.82) is 0 Å². The molecule has 0 unspecified atom stereocenters. The van der Waals surface area contributed by atoms with Crippen LogP contribution >= 0.6 is 11.3 Å². The van der Waals surface area contributed by atoms with E-state index in [0.29, 0.717) is 37.4 Å². The molecule has 1 saturated heterocycles. The number of ether oxygens (including phenoxy) is 2. The first-order valence-electron chi connectivity index (χ1n) is 10.6. The number of anilines is 1. The number of nitrogens with zero attached hydrogens (tertiary/aromatic N) is 2. The topological polar surface area (TPSA) is 68.7 Å². The molecule has 0 amide bonds. The standard InChI is InChI=1S/C24H28N2O4S2/c1-16-6-5-7-17(2)23(16)20-15-31-24(25-20)26-12-10-19(11-13-26)32(27,28)22-14-18(29-3)8-9-21(22)30-4/h5-9,14-15,19H,10-13H2,1-4H3. The summed E-state index contributed by atoms with van der Waals surface area (Å²) >= 11 is 1.61. The molecule has 6 nitrogen and oxygen atoms in total. The van der Waals surface area contributed by atoms with Gasteiger partial charge in [0.25, 0.3) is 0 Å². The first kappa shape index (κ1) is 22.6. The molecule has 1 aliphatic rings. The monoisotopic (exact) mass is 472 g/mol. The smallest absolute Gasteiger partial charge is 0.185 e. The average molecular weight is 473 g/mol. The highest BCUT2D eigenvalue weighted by atomic mass is 32.2. The zero-order valence-corrected chi connectivity index (χ0v) is 20.4. The molecule has 0 atom stereocenters. The molecule has 2 aromatic carbocycles. The van der Waals surface area contributed by atoms with Crippen molar-refractivity contribution < 1.29 is 17.9 Å². The highest BCUT2D eigenvalue weighted by molar-refractivity contribution is 7.92. The first-order valence-corrected chi connectivity index (χ1v) is 13.0. The molecule has 1 aromatic heterocycles. The van der Waals surface area contributed by atoms with Gasteiger partial charge in [0, 0.05) is 30.1 Å². The second-order valence-electron chi connectivity index (χ2n) is 8.03. The van der Waals surface area contributed by atoms with Crippen molar-refractivity contribution in [2.45, 2.75) is 36.8 Å². The van der Waals surface area contributed by atoms with Gasteiger partial charge in [-0.25, -0.2) is 13.4 Å². The van der Waals surface area contributed by atoms with Crippen LogP contribution in [-0.2, 0) is 9.84 Å². The van der Waals surface area contributed by atoms with Crippen molar-refractivity contribution in [2.24, 2.45) is 0 Å². The second-order valence-corrected chi connectivity index (χ2v) is 11.1. The lowest BCUT2D eigenvalue weighted by molar-refractivity contribution is 0.391. The summed E-state index contributed by atoms with van der Waals surface area (Å²) in [5.74, 6) is 0.857. The molecule has 0 spiro atoms. The maximum atomic E-state index is 13.4. The van der Waals surface area contributed by atoms with Crippen molar-refractivity contribution in [2.75, 3.05) is 32.2 Å². The van der Waals surface area contributed by atoms with Crippen molar-refractivity contribution in [1.82, 2.24) is 4.98 Å². The molecule has 8 heteroatoms. The van der Waals surface area contributed by atoms with Crippen LogP contribution in [-0.4, -0.2) is 46.0 Å². The minimum Gasteiger partial charge on any atom is -0.497 e. The molecule has 4 rings (SSSR count). The number of sulfone groups is 1. The van der Waals surface area contributed by atoms with Gasteiger partial charge in [-0.15, -0.1) is 11.3 Å². The number of piperidine rings is 1. The van der Waals surface area contributed by atoms with Crippen LogP contribution in [0.15, 0.2) is 46.7 Å². The van der Waals surface area contributed by atoms with Gasteiger partial charge in [0.1, 0.15) is 16.4 Å². The molecule has 0 aliphatic carbocycles. The SMILES string of the molecule is COc1ccc(OC)c(S(=O)(=O)C2CCN(c3nc(-c4c(C)cccc4C)cs3)CC2)c1. The van der Waals surface area contributed by atoms with E-state index in [1.165, 1.54) is 30.9 Å². The van der Waals surface area contributed by atoms with Gasteiger partial charge in [-0.1, -0.05) is 18.2 Å². The molecule has 1 aliphatic heterocycles. The number of thiazole rings is 1. The third-order valence-corrected chi connectivity index (χ3v) is 9.24. The van der Waals surface area contributed by atoms with Gasteiger partial charge in [-0.05, 0) is 49.9 Å². The van der Waals surface area contributed by atoms with E-state index in [1.54, 1.807) is 29.5 Å². The highest BCUT2D eigenvalue weighted by Crippen LogP contribution is 2.36. The Morgan fingerprint density at radius 1 is 1.03 bits per heavy atom. The predicted molar refractivity (Wildman–Crippen MR) is 129 cm³/mol. The number of aryl methyl sites for hydroxylation is 2. The van der Waals surface area contributed by atoms with Crippen molar-refractivity contribution in [3.05, 3.63) is 52.9 Å². The fourth-order valence-electron chi connectivity index (χ4n) is 4.29. The van der Waals surface area contributed by atoms with E-state index in [1.807, 2.05) is 0 Å². The minimum atomic E-state index is -3.54. The van der Waals surface area contributed by atoms with E-state index >= 15 is 0 Å². The highest BCUT2D eigenvalue weighted by Gasteiger charge is 2.34. The van der Waals surface area contributed by atoms with E-state index in [4.69, 9.17) is 14.5 Å². The Labute approximate surface area is 193 Å². The van der Waals surface area contributed by atoms with Crippen LogP contribution < -0.4 is 14.4 Å². The van der Waals surface area contributed by atoms with Crippen molar-refractivity contribution in [3.63, 3.8) is 0 Å². The molecule has 0 N–H and O–H groups in total. The molecule has 170 valence electrons. The van der Waals surface area contributed by atoms with Crippen LogP contribution in [0.5, 0.6) is 11.5 Å². The average Bonchev–Trinajstić information content (AvgIpc) is 3.28. The fraction of sp³-hybridized carbons (Fsp3) is 0.375. The summed E-state index contributed by atoms with van der Waals surface area (Å²) in [6.07, 6.45) is 1.09. The Kier molecular flexibility index (Phi) is 6.44. The number of methoxy groups -OCH3 is 2. The van der Waals surface area contributed by atoms with Crippen LogP contribution in [0.4, 0.5) is 5.13 Å². The molecule has 3 aromatic rings. The van der Waals surface area contributed by atoms with E-state index in [9.17, 15) is 8.42 Å². The predicted octanol–water partition coefficient (Wildman–Crippen LogP) is 4.89. The molecule has 0 saturated carbocycles. The third-order valence-electron chi connectivity index (χ3n) is 6.06. The summed E-state index contributed by atoms with van der Waals surface area (Å²) in [7, 11) is -0.530. The largest absolute Gasteiger partial charge is 0.497 e. The Morgan fingerprint density at radius 2 is 1.72 bits per heavy atom. The van der Waals surface area contributed by atoms with Crippen LogP contribution in [0.3, 0.4) is 0 Å². The van der Waals surface area contributed by atoms with Gasteiger partial charge in [-0.3, -0.25) is 0 Å². The van der Waals surface area contributed by atoms with Gasteiger partial charge in [0.15, 0.2) is 15.0 Å². The number of hydrogen-bond donors (Lipinski definition) is 0. The lowest BCUT2D eigenvalue weighted by atomic mass is 10.0. The van der Waals surface area contributed by atoms with Gasteiger partial charge in [0.05, 0.1) is 25.2 Å². The van der Waals surface area contributed by atoms with E-state index in [-0.39, 0.29) is 4.90 Å². The first-order chi connectivity index (χ1) is 15.3. The summed E-state index contributed by atoms with van der Waals surface area (Å²) in [6.45, 7) is 5.50. The summed E-state index contributed by atoms with van der Waals surface area (Å²) in [4.78, 5) is 7.27. The molecule has 32 heavy (non-hydrogen) atoms. The normalized spacial score (nSPS) is 15.1. The molecule has 0 bridgehead atoms. The van der Waals surface area contributed by atoms with E-state index in [2.05, 4.69) is 42.3 Å². The lowest BCUT2D eigenvalue weighted by Gasteiger charge is -2.31. The van der Waals surface area contributed by atoms with Crippen molar-refractivity contribution in [3.8, 4) is 22.8 Å². The Balaban J connectivity index is 1.51. The molecule has 1 fully saturated rings. The number of rotatable bonds is 6. The summed E-state index contributed by atoms with van der Waals surface area (Å²) in [5, 5.41) is 2.57. The maximum Gasteiger partial charge on any atom is 0.185 e. The van der Waals surface area contributed by atoms with Crippen molar-refractivity contribution >= 4 is 26.3 Å².